The number of ether oxygens (including phenoxy) is 3. The number of nitrogens with zero attached hydrogens (tertiary/aromatic N) is 3. The fraction of sp³-hybridized carbons (Fsp3) is 1.00. The van der Waals surface area contributed by atoms with Crippen LogP contribution in [0.1, 0.15) is 143 Å². The predicted octanol–water partition coefficient (Wildman–Crippen LogP) is 6.04. The zero-order chi connectivity index (χ0) is 39.9. The van der Waals surface area contributed by atoms with Gasteiger partial charge in [0.25, 0.3) is 5.97 Å². The highest BCUT2D eigenvalue weighted by Gasteiger charge is 2.27. The Morgan fingerprint density at radius 2 is 0.589 bits per heavy atom. The normalized spacial score (nSPS) is 18.9. The SMILES string of the molecule is C1CNCCN1.CCCCCCCCCN1CCNCC1.CCCCCCOC(C)(OCCCCCCN1CCNCC1)OCCCCCCN1CCNCC1. The van der Waals surface area contributed by atoms with E-state index in [2.05, 4.69) is 55.1 Å². The highest BCUT2D eigenvalue weighted by Crippen LogP contribution is 2.19. The van der Waals surface area contributed by atoms with Crippen molar-refractivity contribution in [3.63, 3.8) is 0 Å². The second-order valence-electron chi connectivity index (χ2n) is 16.7. The summed E-state index contributed by atoms with van der Waals surface area (Å²) in [6.07, 6.45) is 24.5. The van der Waals surface area contributed by atoms with Crippen molar-refractivity contribution in [1.29, 1.82) is 0 Å². The molecule has 0 radical (unpaired) electrons. The molecular weight excluding hydrogens is 701 g/mol. The monoisotopic (exact) mass is 797 g/mol. The third-order valence-electron chi connectivity index (χ3n) is 11.5. The van der Waals surface area contributed by atoms with E-state index >= 15 is 0 Å². The van der Waals surface area contributed by atoms with E-state index in [0.29, 0.717) is 19.8 Å². The van der Waals surface area contributed by atoms with Crippen molar-refractivity contribution in [3.8, 4) is 0 Å². The lowest BCUT2D eigenvalue weighted by atomic mass is 10.1. The highest BCUT2D eigenvalue weighted by atomic mass is 16.9. The van der Waals surface area contributed by atoms with Gasteiger partial charge in [0.05, 0.1) is 19.8 Å². The summed E-state index contributed by atoms with van der Waals surface area (Å²) in [7, 11) is 0. The van der Waals surface area contributed by atoms with Crippen molar-refractivity contribution in [1.82, 2.24) is 41.3 Å². The predicted molar refractivity (Wildman–Crippen MR) is 239 cm³/mol. The van der Waals surface area contributed by atoms with Crippen molar-refractivity contribution in [2.75, 3.05) is 144 Å². The molecule has 4 saturated heterocycles. The van der Waals surface area contributed by atoms with Crippen molar-refractivity contribution in [2.24, 2.45) is 0 Å². The molecule has 0 unspecified atom stereocenters. The number of unbranched alkanes of at least 4 members (excludes halogenated alkanes) is 15. The van der Waals surface area contributed by atoms with E-state index in [-0.39, 0.29) is 0 Å². The molecule has 4 heterocycles. The average Bonchev–Trinajstić information content (AvgIpc) is 3.25. The maximum Gasteiger partial charge on any atom is 0.279 e. The summed E-state index contributed by atoms with van der Waals surface area (Å²) in [4.78, 5) is 7.76. The lowest BCUT2D eigenvalue weighted by Crippen LogP contribution is -2.43. The van der Waals surface area contributed by atoms with Crippen LogP contribution in [0.2, 0.25) is 0 Å². The Bertz CT molecular complexity index is 750. The van der Waals surface area contributed by atoms with E-state index in [1.54, 1.807) is 0 Å². The van der Waals surface area contributed by atoms with Crippen LogP contribution in [-0.4, -0.2) is 165 Å². The van der Waals surface area contributed by atoms with Crippen molar-refractivity contribution in [3.05, 3.63) is 0 Å². The smallest absolute Gasteiger partial charge is 0.279 e. The van der Waals surface area contributed by atoms with Crippen molar-refractivity contribution in [2.45, 2.75) is 149 Å². The molecular formula is C45H96N8O3. The summed E-state index contributed by atoms with van der Waals surface area (Å²) in [5.41, 5.74) is 0. The number of nitrogens with one attached hydrogen (secondary N) is 5. The maximum atomic E-state index is 6.16. The summed E-state index contributed by atoms with van der Waals surface area (Å²) < 4.78 is 18.4. The van der Waals surface area contributed by atoms with Crippen LogP contribution in [0.5, 0.6) is 0 Å². The Kier molecular flexibility index (Phi) is 35.8. The van der Waals surface area contributed by atoms with Crippen LogP contribution in [0.15, 0.2) is 0 Å². The Labute approximate surface area is 347 Å². The zero-order valence-corrected chi connectivity index (χ0v) is 37.6. The summed E-state index contributed by atoms with van der Waals surface area (Å²) in [6, 6.07) is 0. The molecule has 0 aromatic heterocycles. The quantitative estimate of drug-likeness (QED) is 0.0435. The largest absolute Gasteiger partial charge is 0.328 e. The Hall–Kier alpha value is -0.440. The van der Waals surface area contributed by atoms with Crippen LogP contribution in [0.25, 0.3) is 0 Å². The van der Waals surface area contributed by atoms with Gasteiger partial charge in [0, 0.05) is 112 Å². The van der Waals surface area contributed by atoms with Gasteiger partial charge >= 0.3 is 0 Å². The highest BCUT2D eigenvalue weighted by molar-refractivity contribution is 4.69. The fourth-order valence-electron chi connectivity index (χ4n) is 7.71. The van der Waals surface area contributed by atoms with Gasteiger partial charge in [-0.15, -0.1) is 0 Å². The minimum Gasteiger partial charge on any atom is -0.328 e. The van der Waals surface area contributed by atoms with E-state index in [1.807, 2.05) is 6.92 Å². The minimum absolute atomic E-state index is 0.712. The van der Waals surface area contributed by atoms with E-state index in [1.165, 1.54) is 175 Å². The molecule has 0 spiro atoms. The zero-order valence-electron chi connectivity index (χ0n) is 37.6. The number of rotatable bonds is 30. The minimum atomic E-state index is -0.895. The maximum absolute atomic E-state index is 6.16. The summed E-state index contributed by atoms with van der Waals surface area (Å²) in [5.74, 6) is -0.895. The molecule has 0 saturated carbocycles. The van der Waals surface area contributed by atoms with Crippen LogP contribution in [0.4, 0.5) is 0 Å². The van der Waals surface area contributed by atoms with Gasteiger partial charge in [0.1, 0.15) is 0 Å². The third-order valence-corrected chi connectivity index (χ3v) is 11.5. The van der Waals surface area contributed by atoms with E-state index in [0.717, 1.165) is 71.6 Å². The number of piperazine rings is 4. The van der Waals surface area contributed by atoms with Gasteiger partial charge in [0.2, 0.25) is 0 Å². The molecule has 0 aliphatic carbocycles. The van der Waals surface area contributed by atoms with Gasteiger partial charge in [-0.25, -0.2) is 0 Å². The first-order valence-corrected chi connectivity index (χ1v) is 24.3. The second-order valence-corrected chi connectivity index (χ2v) is 16.7. The van der Waals surface area contributed by atoms with Gasteiger partial charge in [-0.1, -0.05) is 97.3 Å². The summed E-state index contributed by atoms with van der Waals surface area (Å²) >= 11 is 0. The average molecular weight is 797 g/mol. The van der Waals surface area contributed by atoms with Crippen LogP contribution < -0.4 is 26.6 Å². The van der Waals surface area contributed by atoms with Gasteiger partial charge in [-0.2, -0.15) is 0 Å². The molecule has 56 heavy (non-hydrogen) atoms. The first kappa shape index (κ1) is 51.7. The standard InChI is InChI=1S/C28H58N4O3.C13H28N2.C4H10N2/c1-3-4-5-12-25-33-28(2,34-26-13-8-6-10-19-31-21-15-29-16-22-31)35-27-14-9-7-11-20-32-23-17-30-18-24-32;1-2-3-4-5-6-7-8-11-15-12-9-14-10-13-15;1-2-6-4-3-5-1/h29-30H,3-27H2,1-2H3;14H,2-13H2,1H3;5-6H,1-4H2. The van der Waals surface area contributed by atoms with E-state index < -0.39 is 5.97 Å². The van der Waals surface area contributed by atoms with Gasteiger partial charge in [-0.05, 0) is 58.2 Å². The molecule has 0 aromatic carbocycles. The summed E-state index contributed by atoms with van der Waals surface area (Å²) in [5, 5.41) is 16.7. The molecule has 0 amide bonds. The fourth-order valence-corrected chi connectivity index (χ4v) is 7.71. The Balaban J connectivity index is 0.000000418. The summed E-state index contributed by atoms with van der Waals surface area (Å²) in [6.45, 7) is 31.2. The van der Waals surface area contributed by atoms with Crippen LogP contribution >= 0.6 is 0 Å². The first-order chi connectivity index (χ1) is 27.6. The van der Waals surface area contributed by atoms with Crippen LogP contribution in [0.3, 0.4) is 0 Å². The van der Waals surface area contributed by atoms with Crippen molar-refractivity contribution < 1.29 is 14.2 Å². The van der Waals surface area contributed by atoms with Crippen LogP contribution in [-0.2, 0) is 14.2 Å². The molecule has 0 atom stereocenters. The molecule has 4 fully saturated rings. The number of hydrogen-bond donors (Lipinski definition) is 5. The number of hydrogen-bond acceptors (Lipinski definition) is 11. The molecule has 4 rings (SSSR count). The van der Waals surface area contributed by atoms with E-state index in [9.17, 15) is 0 Å². The molecule has 11 heteroatoms. The Morgan fingerprint density at radius 3 is 0.893 bits per heavy atom. The lowest BCUT2D eigenvalue weighted by Gasteiger charge is -2.30. The van der Waals surface area contributed by atoms with Gasteiger partial charge < -0.3 is 55.5 Å². The molecule has 334 valence electrons. The molecule has 5 N–H and O–H groups in total. The molecule has 0 aromatic rings. The molecule has 0 bridgehead atoms. The first-order valence-electron chi connectivity index (χ1n) is 24.3. The molecule has 4 aliphatic rings. The Morgan fingerprint density at radius 1 is 0.339 bits per heavy atom. The van der Waals surface area contributed by atoms with Gasteiger partial charge in [0.15, 0.2) is 0 Å². The second kappa shape index (κ2) is 38.7. The molecule has 4 aliphatic heterocycles. The molecule has 11 nitrogen and oxygen atoms in total. The lowest BCUT2D eigenvalue weighted by molar-refractivity contribution is -0.370. The van der Waals surface area contributed by atoms with E-state index in [4.69, 9.17) is 14.2 Å². The third kappa shape index (κ3) is 31.5. The van der Waals surface area contributed by atoms with Crippen LogP contribution in [0, 0.1) is 0 Å². The topological polar surface area (TPSA) is 97.6 Å². The van der Waals surface area contributed by atoms with Gasteiger partial charge in [-0.3, -0.25) is 0 Å². The van der Waals surface area contributed by atoms with Crippen molar-refractivity contribution >= 4 is 0 Å².